The quantitative estimate of drug-likeness (QED) is 0.717. The number of nitrogens with two attached hydrogens (primary N) is 1. The summed E-state index contributed by atoms with van der Waals surface area (Å²) in [5, 5.41) is 4.38. The zero-order chi connectivity index (χ0) is 14.8. The molecule has 4 nitrogen and oxygen atoms in total. The summed E-state index contributed by atoms with van der Waals surface area (Å²) in [6.07, 6.45) is 1.57. The van der Waals surface area contributed by atoms with Gasteiger partial charge in [-0.25, -0.2) is 9.97 Å². The third-order valence-electron chi connectivity index (χ3n) is 3.59. The van der Waals surface area contributed by atoms with Gasteiger partial charge in [-0.05, 0) is 37.6 Å². The molecule has 3 rings (SSSR count). The largest absolute Gasteiger partial charge is 0.399 e. The van der Waals surface area contributed by atoms with Crippen molar-refractivity contribution in [3.63, 3.8) is 0 Å². The summed E-state index contributed by atoms with van der Waals surface area (Å²) in [7, 11) is 0. The summed E-state index contributed by atoms with van der Waals surface area (Å²) in [6.45, 7) is 4.20. The molecule has 21 heavy (non-hydrogen) atoms. The highest BCUT2D eigenvalue weighted by molar-refractivity contribution is 5.91. The number of rotatable bonds is 3. The SMILES string of the molecule is Cc1ccc(C(C)Nc2ncnc3ccc(N)cc23)cc1. The number of fused-ring (bicyclic) bond motifs is 1. The van der Waals surface area contributed by atoms with E-state index in [0.29, 0.717) is 5.69 Å². The standard InChI is InChI=1S/C17H18N4/c1-11-3-5-13(6-4-11)12(2)21-17-15-9-14(18)7-8-16(15)19-10-20-17/h3-10,12H,18H2,1-2H3,(H,19,20,21). The van der Waals surface area contributed by atoms with E-state index >= 15 is 0 Å². The van der Waals surface area contributed by atoms with Crippen molar-refractivity contribution in [2.45, 2.75) is 19.9 Å². The summed E-state index contributed by atoms with van der Waals surface area (Å²) in [5.41, 5.74) is 9.94. The number of hydrogen-bond donors (Lipinski definition) is 2. The number of aryl methyl sites for hydroxylation is 1. The molecule has 3 N–H and O–H groups in total. The lowest BCUT2D eigenvalue weighted by Crippen LogP contribution is -2.08. The number of aromatic nitrogens is 2. The molecule has 0 spiro atoms. The second-order valence-corrected chi connectivity index (χ2v) is 5.28. The van der Waals surface area contributed by atoms with Crippen LogP contribution in [0, 0.1) is 6.92 Å². The van der Waals surface area contributed by atoms with Crippen molar-refractivity contribution < 1.29 is 0 Å². The monoisotopic (exact) mass is 278 g/mol. The molecule has 0 aliphatic rings. The minimum absolute atomic E-state index is 0.158. The van der Waals surface area contributed by atoms with Gasteiger partial charge in [-0.15, -0.1) is 0 Å². The second-order valence-electron chi connectivity index (χ2n) is 5.28. The Morgan fingerprint density at radius 1 is 1.05 bits per heavy atom. The molecule has 0 radical (unpaired) electrons. The number of nitrogen functional groups attached to an aromatic ring is 1. The first-order valence-electron chi connectivity index (χ1n) is 6.97. The van der Waals surface area contributed by atoms with Gasteiger partial charge in [-0.2, -0.15) is 0 Å². The van der Waals surface area contributed by atoms with E-state index in [2.05, 4.69) is 53.4 Å². The Hall–Kier alpha value is -2.62. The summed E-state index contributed by atoms with van der Waals surface area (Å²) in [4.78, 5) is 8.62. The van der Waals surface area contributed by atoms with E-state index in [1.54, 1.807) is 6.33 Å². The van der Waals surface area contributed by atoms with Crippen molar-refractivity contribution in [2.75, 3.05) is 11.1 Å². The predicted octanol–water partition coefficient (Wildman–Crippen LogP) is 3.69. The van der Waals surface area contributed by atoms with Gasteiger partial charge in [0.2, 0.25) is 0 Å². The summed E-state index contributed by atoms with van der Waals surface area (Å²) < 4.78 is 0. The van der Waals surface area contributed by atoms with Crippen LogP contribution in [0.4, 0.5) is 11.5 Å². The van der Waals surface area contributed by atoms with Gasteiger partial charge in [0.15, 0.2) is 0 Å². The number of nitrogens with zero attached hydrogens (tertiary/aromatic N) is 2. The summed E-state index contributed by atoms with van der Waals surface area (Å²) >= 11 is 0. The fourth-order valence-electron chi connectivity index (χ4n) is 2.33. The molecule has 0 amide bonds. The Labute approximate surface area is 124 Å². The Morgan fingerprint density at radius 3 is 2.57 bits per heavy atom. The van der Waals surface area contributed by atoms with Crippen molar-refractivity contribution in [1.82, 2.24) is 9.97 Å². The zero-order valence-electron chi connectivity index (χ0n) is 12.2. The van der Waals surface area contributed by atoms with Crippen molar-refractivity contribution in [2.24, 2.45) is 0 Å². The normalized spacial score (nSPS) is 12.3. The molecule has 1 heterocycles. The second kappa shape index (κ2) is 5.40. The van der Waals surface area contributed by atoms with Gasteiger partial charge in [0.05, 0.1) is 5.52 Å². The lowest BCUT2D eigenvalue weighted by molar-refractivity contribution is 0.875. The van der Waals surface area contributed by atoms with E-state index in [-0.39, 0.29) is 6.04 Å². The first-order valence-corrected chi connectivity index (χ1v) is 6.97. The van der Waals surface area contributed by atoms with Gasteiger partial charge in [0.25, 0.3) is 0 Å². The maximum Gasteiger partial charge on any atom is 0.137 e. The number of hydrogen-bond acceptors (Lipinski definition) is 4. The average molecular weight is 278 g/mol. The maximum absolute atomic E-state index is 5.87. The van der Waals surface area contributed by atoms with Crippen LogP contribution in [0.2, 0.25) is 0 Å². The topological polar surface area (TPSA) is 63.8 Å². The molecule has 0 aliphatic carbocycles. The van der Waals surface area contributed by atoms with E-state index in [1.165, 1.54) is 11.1 Å². The van der Waals surface area contributed by atoms with Crippen molar-refractivity contribution in [3.05, 3.63) is 59.9 Å². The van der Waals surface area contributed by atoms with Gasteiger partial charge in [0.1, 0.15) is 12.1 Å². The lowest BCUT2D eigenvalue weighted by atomic mass is 10.1. The minimum Gasteiger partial charge on any atom is -0.399 e. The third-order valence-corrected chi connectivity index (χ3v) is 3.59. The highest BCUT2D eigenvalue weighted by Crippen LogP contribution is 2.25. The highest BCUT2D eigenvalue weighted by atomic mass is 15.0. The van der Waals surface area contributed by atoms with Gasteiger partial charge < -0.3 is 11.1 Å². The van der Waals surface area contributed by atoms with Crippen LogP contribution in [0.3, 0.4) is 0 Å². The molecule has 1 unspecified atom stereocenters. The van der Waals surface area contributed by atoms with Crippen LogP contribution in [0.25, 0.3) is 10.9 Å². The first-order chi connectivity index (χ1) is 10.1. The molecule has 4 heteroatoms. The smallest absolute Gasteiger partial charge is 0.137 e. The van der Waals surface area contributed by atoms with Crippen LogP contribution in [-0.2, 0) is 0 Å². The van der Waals surface area contributed by atoms with Crippen LogP contribution < -0.4 is 11.1 Å². The molecular formula is C17H18N4. The molecule has 3 aromatic rings. The van der Waals surface area contributed by atoms with Crippen LogP contribution in [0.15, 0.2) is 48.8 Å². The van der Waals surface area contributed by atoms with E-state index in [9.17, 15) is 0 Å². The molecule has 2 aromatic carbocycles. The molecular weight excluding hydrogens is 260 g/mol. The van der Waals surface area contributed by atoms with E-state index < -0.39 is 0 Å². The minimum atomic E-state index is 0.158. The molecule has 0 saturated carbocycles. The molecule has 0 bridgehead atoms. The van der Waals surface area contributed by atoms with Crippen molar-refractivity contribution in [1.29, 1.82) is 0 Å². The van der Waals surface area contributed by atoms with Crippen LogP contribution in [0.1, 0.15) is 24.1 Å². The van der Waals surface area contributed by atoms with Crippen molar-refractivity contribution >= 4 is 22.4 Å². The molecule has 1 atom stereocenters. The maximum atomic E-state index is 5.87. The highest BCUT2D eigenvalue weighted by Gasteiger charge is 2.09. The first kappa shape index (κ1) is 13.4. The molecule has 0 saturated heterocycles. The number of anilines is 2. The fraction of sp³-hybridized carbons (Fsp3) is 0.176. The summed E-state index contributed by atoms with van der Waals surface area (Å²) in [5.74, 6) is 0.806. The summed E-state index contributed by atoms with van der Waals surface area (Å²) in [6, 6.07) is 14.3. The van der Waals surface area contributed by atoms with Crippen LogP contribution in [0.5, 0.6) is 0 Å². The zero-order valence-corrected chi connectivity index (χ0v) is 12.2. The molecule has 0 fully saturated rings. The number of nitrogens with one attached hydrogen (secondary N) is 1. The van der Waals surface area contributed by atoms with E-state index in [1.807, 2.05) is 18.2 Å². The van der Waals surface area contributed by atoms with E-state index in [0.717, 1.165) is 16.7 Å². The van der Waals surface area contributed by atoms with Gasteiger partial charge in [-0.1, -0.05) is 29.8 Å². The Kier molecular flexibility index (Phi) is 3.44. The van der Waals surface area contributed by atoms with Crippen LogP contribution in [-0.4, -0.2) is 9.97 Å². The van der Waals surface area contributed by atoms with Crippen molar-refractivity contribution in [3.8, 4) is 0 Å². The lowest BCUT2D eigenvalue weighted by Gasteiger charge is -2.16. The molecule has 106 valence electrons. The van der Waals surface area contributed by atoms with Gasteiger partial charge in [-0.3, -0.25) is 0 Å². The number of benzene rings is 2. The molecule has 1 aromatic heterocycles. The fourth-order valence-corrected chi connectivity index (χ4v) is 2.33. The van der Waals surface area contributed by atoms with Crippen LogP contribution >= 0.6 is 0 Å². The Bertz CT molecular complexity index is 765. The Morgan fingerprint density at radius 2 is 1.81 bits per heavy atom. The van der Waals surface area contributed by atoms with E-state index in [4.69, 9.17) is 5.73 Å². The molecule has 0 aliphatic heterocycles. The third kappa shape index (κ3) is 2.79. The average Bonchev–Trinajstić information content (AvgIpc) is 2.48. The van der Waals surface area contributed by atoms with Gasteiger partial charge >= 0.3 is 0 Å². The predicted molar refractivity (Wildman–Crippen MR) is 87.2 cm³/mol. The Balaban J connectivity index is 1.94. The van der Waals surface area contributed by atoms with Gasteiger partial charge in [0, 0.05) is 17.1 Å².